The monoisotopic (exact) mass is 421 g/mol. The van der Waals surface area contributed by atoms with Gasteiger partial charge in [-0.1, -0.05) is 25.5 Å². The fourth-order valence-corrected chi connectivity index (χ4v) is 2.47. The van der Waals surface area contributed by atoms with Crippen LogP contribution in [0.15, 0.2) is 60.3 Å². The summed E-state index contributed by atoms with van der Waals surface area (Å²) in [7, 11) is 1.29. The third-order valence-electron chi connectivity index (χ3n) is 4.18. The van der Waals surface area contributed by atoms with Crippen LogP contribution in [0.25, 0.3) is 0 Å². The lowest BCUT2D eigenvalue weighted by atomic mass is 10.1. The Kier molecular flexibility index (Phi) is 8.80. The highest BCUT2D eigenvalue weighted by Crippen LogP contribution is 2.18. The Hall–Kier alpha value is -4.12. The maximum absolute atomic E-state index is 12.5. The number of carbonyl (C=O) groups excluding carboxylic acids is 3. The van der Waals surface area contributed by atoms with Crippen LogP contribution in [0, 0.1) is 11.3 Å². The summed E-state index contributed by atoms with van der Waals surface area (Å²) in [4.78, 5) is 36.3. The normalized spacial score (nSPS) is 10.5. The Morgan fingerprint density at radius 1 is 1.06 bits per heavy atom. The van der Waals surface area contributed by atoms with Crippen molar-refractivity contribution in [2.45, 2.75) is 19.8 Å². The van der Waals surface area contributed by atoms with Gasteiger partial charge in [-0.2, -0.15) is 5.26 Å². The van der Waals surface area contributed by atoms with E-state index in [0.29, 0.717) is 17.9 Å². The van der Waals surface area contributed by atoms with Crippen molar-refractivity contribution in [3.05, 3.63) is 71.4 Å². The molecule has 0 bridgehead atoms. The summed E-state index contributed by atoms with van der Waals surface area (Å²) in [5.41, 5.74) is 1.19. The van der Waals surface area contributed by atoms with Crippen molar-refractivity contribution in [3.63, 3.8) is 0 Å². The molecule has 0 aromatic heterocycles. The second kappa shape index (κ2) is 11.8. The van der Waals surface area contributed by atoms with E-state index in [4.69, 9.17) is 4.74 Å². The summed E-state index contributed by atoms with van der Waals surface area (Å²) < 4.78 is 9.84. The van der Waals surface area contributed by atoms with Crippen LogP contribution in [0.3, 0.4) is 0 Å². The minimum Gasteiger partial charge on any atom is -0.465 e. The Morgan fingerprint density at radius 3 is 2.42 bits per heavy atom. The fourth-order valence-electron chi connectivity index (χ4n) is 2.47. The van der Waals surface area contributed by atoms with E-state index in [0.717, 1.165) is 12.8 Å². The van der Waals surface area contributed by atoms with Crippen LogP contribution in [-0.2, 0) is 14.3 Å². The van der Waals surface area contributed by atoms with E-state index in [9.17, 15) is 19.6 Å². The molecule has 0 unspecified atom stereocenters. The van der Waals surface area contributed by atoms with Crippen molar-refractivity contribution in [1.82, 2.24) is 0 Å². The number of anilines is 2. The molecule has 31 heavy (non-hydrogen) atoms. The first-order valence-corrected chi connectivity index (χ1v) is 9.62. The number of esters is 2. The molecule has 1 amide bonds. The number of nitriles is 1. The minimum atomic E-state index is -0.685. The van der Waals surface area contributed by atoms with Gasteiger partial charge in [-0.25, -0.2) is 9.59 Å². The van der Waals surface area contributed by atoms with E-state index in [1.165, 1.54) is 13.3 Å². The average Bonchev–Trinajstić information content (AvgIpc) is 2.79. The summed E-state index contributed by atoms with van der Waals surface area (Å²) in [6, 6.07) is 14.6. The molecule has 0 spiro atoms. The van der Waals surface area contributed by atoms with Gasteiger partial charge < -0.3 is 20.1 Å². The molecule has 0 atom stereocenters. The van der Waals surface area contributed by atoms with Crippen LogP contribution in [0.2, 0.25) is 0 Å². The molecule has 8 nitrogen and oxygen atoms in total. The zero-order valence-corrected chi connectivity index (χ0v) is 17.3. The molecule has 2 N–H and O–H groups in total. The number of carbonyl (C=O) groups is 3. The molecule has 0 aliphatic rings. The predicted molar refractivity (Wildman–Crippen MR) is 115 cm³/mol. The van der Waals surface area contributed by atoms with Gasteiger partial charge in [0.25, 0.3) is 5.91 Å². The van der Waals surface area contributed by atoms with Crippen molar-refractivity contribution in [2.75, 3.05) is 24.4 Å². The van der Waals surface area contributed by atoms with Gasteiger partial charge in [0, 0.05) is 11.9 Å². The van der Waals surface area contributed by atoms with E-state index in [1.54, 1.807) is 48.5 Å². The summed E-state index contributed by atoms with van der Waals surface area (Å²) in [6.45, 7) is 2.28. The van der Waals surface area contributed by atoms with Gasteiger partial charge in [0.15, 0.2) is 0 Å². The van der Waals surface area contributed by atoms with Crippen LogP contribution in [0.5, 0.6) is 0 Å². The van der Waals surface area contributed by atoms with Crippen molar-refractivity contribution in [1.29, 1.82) is 5.26 Å². The quantitative estimate of drug-likeness (QED) is 0.273. The maximum Gasteiger partial charge on any atom is 0.340 e. The molecule has 0 aliphatic carbocycles. The lowest BCUT2D eigenvalue weighted by molar-refractivity contribution is -0.112. The highest BCUT2D eigenvalue weighted by atomic mass is 16.5. The first kappa shape index (κ1) is 23.2. The first-order chi connectivity index (χ1) is 15.0. The zero-order chi connectivity index (χ0) is 22.6. The molecule has 0 saturated carbocycles. The number of nitrogens with one attached hydrogen (secondary N) is 2. The Morgan fingerprint density at radius 2 is 1.77 bits per heavy atom. The highest BCUT2D eigenvalue weighted by molar-refractivity contribution is 6.09. The van der Waals surface area contributed by atoms with E-state index >= 15 is 0 Å². The maximum atomic E-state index is 12.5. The summed E-state index contributed by atoms with van der Waals surface area (Å²) >= 11 is 0. The lowest BCUT2D eigenvalue weighted by Gasteiger charge is -2.10. The molecule has 160 valence electrons. The minimum absolute atomic E-state index is 0.203. The Labute approximate surface area is 180 Å². The second-order valence-corrected chi connectivity index (χ2v) is 6.37. The standard InChI is InChI=1S/C23H23N3O5/c1-3-4-13-31-23(29)19-7-5-6-8-20(19)26-21(27)17(14-24)15-25-18-11-9-16(10-12-18)22(28)30-2/h5-12,15,25H,3-4,13H2,1-2H3,(H,26,27)/b17-15-. The van der Waals surface area contributed by atoms with Crippen molar-refractivity contribution >= 4 is 29.2 Å². The van der Waals surface area contributed by atoms with Crippen LogP contribution in [-0.4, -0.2) is 31.6 Å². The number of hydrogen-bond acceptors (Lipinski definition) is 7. The molecule has 8 heteroatoms. The molecular weight excluding hydrogens is 398 g/mol. The van der Waals surface area contributed by atoms with E-state index in [-0.39, 0.29) is 16.8 Å². The lowest BCUT2D eigenvalue weighted by Crippen LogP contribution is -2.18. The van der Waals surface area contributed by atoms with Gasteiger partial charge in [0.05, 0.1) is 30.5 Å². The van der Waals surface area contributed by atoms with Gasteiger partial charge in [0.2, 0.25) is 0 Å². The molecule has 2 aromatic rings. The van der Waals surface area contributed by atoms with Gasteiger partial charge in [-0.15, -0.1) is 0 Å². The van der Waals surface area contributed by atoms with Gasteiger partial charge >= 0.3 is 11.9 Å². The molecule has 2 rings (SSSR count). The number of para-hydroxylation sites is 1. The second-order valence-electron chi connectivity index (χ2n) is 6.37. The topological polar surface area (TPSA) is 118 Å². The summed E-state index contributed by atoms with van der Waals surface area (Å²) in [5.74, 6) is -1.70. The Balaban J connectivity index is 2.09. The van der Waals surface area contributed by atoms with Crippen molar-refractivity contribution < 1.29 is 23.9 Å². The third-order valence-corrected chi connectivity index (χ3v) is 4.18. The zero-order valence-electron chi connectivity index (χ0n) is 17.3. The number of ether oxygens (including phenoxy) is 2. The number of benzene rings is 2. The van der Waals surface area contributed by atoms with Crippen LogP contribution < -0.4 is 10.6 Å². The summed E-state index contributed by atoms with van der Waals surface area (Å²) in [5, 5.41) is 14.7. The van der Waals surface area contributed by atoms with Crippen molar-refractivity contribution in [2.24, 2.45) is 0 Å². The number of methoxy groups -OCH3 is 1. The Bertz CT molecular complexity index is 1010. The largest absolute Gasteiger partial charge is 0.465 e. The molecule has 0 heterocycles. The van der Waals surface area contributed by atoms with Gasteiger partial charge in [-0.3, -0.25) is 4.79 Å². The van der Waals surface area contributed by atoms with E-state index in [2.05, 4.69) is 15.4 Å². The highest BCUT2D eigenvalue weighted by Gasteiger charge is 2.16. The number of rotatable bonds is 9. The van der Waals surface area contributed by atoms with E-state index in [1.807, 2.05) is 13.0 Å². The molecule has 0 radical (unpaired) electrons. The number of unbranched alkanes of at least 4 members (excludes halogenated alkanes) is 1. The van der Waals surface area contributed by atoms with Crippen LogP contribution >= 0.6 is 0 Å². The molecular formula is C23H23N3O5. The molecule has 2 aromatic carbocycles. The summed E-state index contributed by atoms with van der Waals surface area (Å²) in [6.07, 6.45) is 2.87. The number of nitrogens with zero attached hydrogens (tertiary/aromatic N) is 1. The average molecular weight is 421 g/mol. The third kappa shape index (κ3) is 6.72. The first-order valence-electron chi connectivity index (χ1n) is 9.62. The van der Waals surface area contributed by atoms with Gasteiger partial charge in [-0.05, 0) is 42.8 Å². The SMILES string of the molecule is CCCCOC(=O)c1ccccc1NC(=O)/C(C#N)=C\Nc1ccc(C(=O)OC)cc1. The van der Waals surface area contributed by atoms with Crippen molar-refractivity contribution in [3.8, 4) is 6.07 Å². The van der Waals surface area contributed by atoms with Gasteiger partial charge in [0.1, 0.15) is 11.6 Å². The molecule has 0 fully saturated rings. The fraction of sp³-hybridized carbons (Fsp3) is 0.217. The van der Waals surface area contributed by atoms with Crippen LogP contribution in [0.4, 0.5) is 11.4 Å². The molecule has 0 aliphatic heterocycles. The number of hydrogen-bond donors (Lipinski definition) is 2. The smallest absolute Gasteiger partial charge is 0.340 e. The predicted octanol–water partition coefficient (Wildman–Crippen LogP) is 3.89. The molecule has 0 saturated heterocycles. The van der Waals surface area contributed by atoms with Crippen LogP contribution in [0.1, 0.15) is 40.5 Å². The number of amides is 1. The van der Waals surface area contributed by atoms with E-state index < -0.39 is 17.8 Å².